The van der Waals surface area contributed by atoms with E-state index in [4.69, 9.17) is 15.6 Å². The molecule has 0 spiro atoms. The number of anilines is 1. The summed E-state index contributed by atoms with van der Waals surface area (Å²) >= 11 is 0.654. The summed E-state index contributed by atoms with van der Waals surface area (Å²) in [6.45, 7) is 0.330. The minimum atomic E-state index is -4.47. The maximum Gasteiger partial charge on any atom is 0.426 e. The first-order chi connectivity index (χ1) is 16.1. The van der Waals surface area contributed by atoms with E-state index in [1.165, 1.54) is 11.0 Å². The molecule has 2 aromatic carbocycles. The van der Waals surface area contributed by atoms with Gasteiger partial charge in [0.05, 0.1) is 12.5 Å². The highest BCUT2D eigenvalue weighted by molar-refractivity contribution is 7.12. The molecule has 0 saturated heterocycles. The van der Waals surface area contributed by atoms with Gasteiger partial charge in [-0.25, -0.2) is 0 Å². The Balaban J connectivity index is 0.00000342. The highest BCUT2D eigenvalue weighted by Crippen LogP contribution is 2.43. The smallest absolute Gasteiger partial charge is 0.426 e. The van der Waals surface area contributed by atoms with E-state index >= 15 is 0 Å². The maximum atomic E-state index is 13.6. The largest absolute Gasteiger partial charge is 0.488 e. The lowest BCUT2D eigenvalue weighted by Gasteiger charge is -2.20. The molecular formula is C24H22ClF3N2O4S. The number of ether oxygens (including phenoxy) is 1. The second-order valence-corrected chi connectivity index (χ2v) is 8.98. The highest BCUT2D eigenvalue weighted by Gasteiger charge is 2.36. The minimum Gasteiger partial charge on any atom is -0.488 e. The van der Waals surface area contributed by atoms with E-state index in [9.17, 15) is 22.8 Å². The number of carboxylic acid groups (broad SMARTS) is 1. The van der Waals surface area contributed by atoms with Gasteiger partial charge in [-0.2, -0.15) is 13.2 Å². The molecule has 1 aromatic heterocycles. The van der Waals surface area contributed by atoms with Crippen LogP contribution in [0.25, 0.3) is 11.1 Å². The predicted octanol–water partition coefficient (Wildman–Crippen LogP) is 5.13. The van der Waals surface area contributed by atoms with Gasteiger partial charge < -0.3 is 20.5 Å². The number of amides is 1. The molecule has 3 aromatic rings. The van der Waals surface area contributed by atoms with E-state index in [0.717, 1.165) is 5.56 Å². The maximum absolute atomic E-state index is 13.6. The Kier molecular flexibility index (Phi) is 8.09. The average molecular weight is 527 g/mol. The van der Waals surface area contributed by atoms with Crippen LogP contribution in [0, 0.1) is 0 Å². The van der Waals surface area contributed by atoms with E-state index in [0.29, 0.717) is 46.2 Å². The summed E-state index contributed by atoms with van der Waals surface area (Å²) in [4.78, 5) is 24.5. The minimum absolute atomic E-state index is 0. The Morgan fingerprint density at radius 2 is 1.86 bits per heavy atom. The Bertz CT molecular complexity index is 1220. The summed E-state index contributed by atoms with van der Waals surface area (Å²) in [6.07, 6.45) is -4.40. The van der Waals surface area contributed by atoms with Crippen molar-refractivity contribution in [1.29, 1.82) is 0 Å². The SMILES string of the molecule is Cl.N[C@H](CC(=O)O)C(=O)N1CCc2cc(OCc3cc(-c4ccccc4)c(C(F)(F)F)s3)ccc21. The topological polar surface area (TPSA) is 92.9 Å². The summed E-state index contributed by atoms with van der Waals surface area (Å²) in [7, 11) is 0. The predicted molar refractivity (Wildman–Crippen MR) is 129 cm³/mol. The fraction of sp³-hybridized carbons (Fsp3) is 0.250. The number of benzene rings is 2. The zero-order valence-electron chi connectivity index (χ0n) is 18.2. The molecule has 0 aliphatic carbocycles. The number of aliphatic carboxylic acids is 1. The number of nitrogens with two attached hydrogens (primary N) is 1. The first-order valence-corrected chi connectivity index (χ1v) is 11.2. The molecular weight excluding hydrogens is 505 g/mol. The van der Waals surface area contributed by atoms with Crippen LogP contribution in [-0.4, -0.2) is 29.6 Å². The third-order valence-electron chi connectivity index (χ3n) is 5.43. The van der Waals surface area contributed by atoms with Gasteiger partial charge in [-0.3, -0.25) is 9.59 Å². The van der Waals surface area contributed by atoms with Gasteiger partial charge in [0, 0.05) is 22.7 Å². The molecule has 0 saturated carbocycles. The molecule has 1 aliphatic rings. The van der Waals surface area contributed by atoms with Gasteiger partial charge in [0.25, 0.3) is 0 Å². The third-order valence-corrected chi connectivity index (χ3v) is 6.58. The molecule has 2 heterocycles. The number of nitrogens with zero attached hydrogens (tertiary/aromatic N) is 1. The Morgan fingerprint density at radius 1 is 1.14 bits per heavy atom. The van der Waals surface area contributed by atoms with Crippen molar-refractivity contribution >= 4 is 41.3 Å². The number of fused-ring (bicyclic) bond motifs is 1. The van der Waals surface area contributed by atoms with Crippen LogP contribution in [0.15, 0.2) is 54.6 Å². The number of alkyl halides is 3. The van der Waals surface area contributed by atoms with Crippen LogP contribution in [0.3, 0.4) is 0 Å². The van der Waals surface area contributed by atoms with Crippen LogP contribution in [0.1, 0.15) is 21.7 Å². The first-order valence-electron chi connectivity index (χ1n) is 10.4. The number of carbonyl (C=O) groups is 2. The van der Waals surface area contributed by atoms with E-state index in [-0.39, 0.29) is 24.6 Å². The van der Waals surface area contributed by atoms with Crippen LogP contribution in [-0.2, 0) is 28.8 Å². The zero-order chi connectivity index (χ0) is 24.5. The lowest BCUT2D eigenvalue weighted by atomic mass is 10.1. The van der Waals surface area contributed by atoms with Gasteiger partial charge in [0.1, 0.15) is 17.2 Å². The molecule has 0 radical (unpaired) electrons. The Hall–Kier alpha value is -3.08. The molecule has 1 atom stereocenters. The highest BCUT2D eigenvalue weighted by atomic mass is 35.5. The summed E-state index contributed by atoms with van der Waals surface area (Å²) in [6, 6.07) is 13.8. The molecule has 3 N–H and O–H groups in total. The van der Waals surface area contributed by atoms with Gasteiger partial charge in [-0.15, -0.1) is 23.7 Å². The second kappa shape index (κ2) is 10.7. The number of hydrogen-bond donors (Lipinski definition) is 2. The summed E-state index contributed by atoms with van der Waals surface area (Å²) < 4.78 is 46.5. The van der Waals surface area contributed by atoms with Crippen molar-refractivity contribution in [3.63, 3.8) is 0 Å². The molecule has 0 bridgehead atoms. The van der Waals surface area contributed by atoms with Crippen LogP contribution < -0.4 is 15.4 Å². The summed E-state index contributed by atoms with van der Waals surface area (Å²) in [5, 5.41) is 8.86. The number of carbonyl (C=O) groups excluding carboxylic acids is 1. The normalized spacial score (nSPS) is 13.7. The molecule has 186 valence electrons. The van der Waals surface area contributed by atoms with E-state index < -0.39 is 35.4 Å². The standard InChI is InChI=1S/C24H21F3N2O4S.ClH/c25-24(26,27)22-18(14-4-2-1-3-5-14)11-17(34-22)13-33-16-6-7-20-15(10-16)8-9-29(20)23(32)19(28)12-21(30)31;/h1-7,10-11,19H,8-9,12-13,28H2,(H,30,31);1H/t19-;/m1./s1. The van der Waals surface area contributed by atoms with E-state index in [2.05, 4.69) is 0 Å². The number of halogens is 4. The van der Waals surface area contributed by atoms with Crippen molar-refractivity contribution in [2.24, 2.45) is 5.73 Å². The molecule has 6 nitrogen and oxygen atoms in total. The third kappa shape index (κ3) is 5.95. The van der Waals surface area contributed by atoms with Crippen molar-refractivity contribution in [3.8, 4) is 16.9 Å². The van der Waals surface area contributed by atoms with Crippen LogP contribution in [0.2, 0.25) is 0 Å². The number of rotatable bonds is 7. The Labute approximate surface area is 209 Å². The summed E-state index contributed by atoms with van der Waals surface area (Å²) in [5.41, 5.74) is 7.76. The molecule has 1 aliphatic heterocycles. The van der Waals surface area contributed by atoms with Gasteiger partial charge >= 0.3 is 12.1 Å². The summed E-state index contributed by atoms with van der Waals surface area (Å²) in [5.74, 6) is -1.16. The first kappa shape index (κ1) is 26.5. The number of carboxylic acids is 1. The van der Waals surface area contributed by atoms with Crippen molar-refractivity contribution in [3.05, 3.63) is 69.9 Å². The molecule has 0 unspecified atom stereocenters. The van der Waals surface area contributed by atoms with Crippen molar-refractivity contribution < 1.29 is 32.6 Å². The van der Waals surface area contributed by atoms with E-state index in [1.807, 2.05) is 0 Å². The van der Waals surface area contributed by atoms with Gasteiger partial charge in [-0.1, -0.05) is 30.3 Å². The number of hydrogen-bond acceptors (Lipinski definition) is 5. The molecule has 11 heteroatoms. The van der Waals surface area contributed by atoms with Crippen LogP contribution >= 0.6 is 23.7 Å². The quantitative estimate of drug-likeness (QED) is 0.445. The molecule has 0 fully saturated rings. The van der Waals surface area contributed by atoms with Gasteiger partial charge in [0.2, 0.25) is 5.91 Å². The van der Waals surface area contributed by atoms with Crippen LogP contribution in [0.5, 0.6) is 5.75 Å². The van der Waals surface area contributed by atoms with E-state index in [1.54, 1.807) is 48.5 Å². The molecule has 1 amide bonds. The monoisotopic (exact) mass is 526 g/mol. The number of thiophene rings is 1. The van der Waals surface area contributed by atoms with Crippen molar-refractivity contribution in [1.82, 2.24) is 0 Å². The second-order valence-electron chi connectivity index (χ2n) is 7.84. The van der Waals surface area contributed by atoms with Gasteiger partial charge in [-0.05, 0) is 41.8 Å². The zero-order valence-corrected chi connectivity index (χ0v) is 19.9. The molecule has 35 heavy (non-hydrogen) atoms. The van der Waals surface area contributed by atoms with Gasteiger partial charge in [0.15, 0.2) is 0 Å². The average Bonchev–Trinajstić information content (AvgIpc) is 3.41. The lowest BCUT2D eigenvalue weighted by Crippen LogP contribution is -2.44. The van der Waals surface area contributed by atoms with Crippen molar-refractivity contribution in [2.45, 2.75) is 31.7 Å². The lowest BCUT2D eigenvalue weighted by molar-refractivity contribution is -0.139. The fourth-order valence-electron chi connectivity index (χ4n) is 3.88. The molecule has 4 rings (SSSR count). The fourth-order valence-corrected chi connectivity index (χ4v) is 4.84. The Morgan fingerprint density at radius 3 is 2.51 bits per heavy atom. The van der Waals surface area contributed by atoms with Crippen molar-refractivity contribution in [2.75, 3.05) is 11.4 Å². The van der Waals surface area contributed by atoms with Crippen LogP contribution in [0.4, 0.5) is 18.9 Å².